The monoisotopic (exact) mass is 257 g/mol. The molecule has 0 saturated heterocycles. The van der Waals surface area contributed by atoms with Crippen LogP contribution in [0.1, 0.15) is 24.2 Å². The van der Waals surface area contributed by atoms with E-state index in [1.54, 1.807) is 0 Å². The third kappa shape index (κ3) is 3.08. The van der Waals surface area contributed by atoms with Crippen molar-refractivity contribution >= 4 is 15.9 Å². The Morgan fingerprint density at radius 1 is 1.50 bits per heavy atom. The van der Waals surface area contributed by atoms with Gasteiger partial charge in [0.25, 0.3) is 0 Å². The minimum atomic E-state index is -0.440. The molecule has 1 unspecified atom stereocenters. The first-order chi connectivity index (χ1) is 6.65. The van der Waals surface area contributed by atoms with E-state index in [0.717, 1.165) is 16.6 Å². The maximum Gasteiger partial charge on any atom is 0.0925 e. The molecule has 14 heavy (non-hydrogen) atoms. The maximum absolute atomic E-state index is 9.83. The van der Waals surface area contributed by atoms with E-state index < -0.39 is 6.10 Å². The first-order valence-corrected chi connectivity index (χ1v) is 5.59. The van der Waals surface area contributed by atoms with Crippen LogP contribution in [0, 0.1) is 6.92 Å². The predicted molar refractivity (Wildman–Crippen MR) is 62.4 cm³/mol. The molecule has 0 saturated carbocycles. The number of nitrogens with one attached hydrogen (secondary N) is 1. The van der Waals surface area contributed by atoms with Crippen molar-refractivity contribution in [3.63, 3.8) is 0 Å². The Hall–Kier alpha value is -0.380. The van der Waals surface area contributed by atoms with E-state index >= 15 is 0 Å². The smallest absolute Gasteiger partial charge is 0.0925 e. The van der Waals surface area contributed by atoms with Crippen LogP contribution in [0.3, 0.4) is 0 Å². The SMILES string of the molecule is CCNCC(O)c1ccc(C)cc1Br. The molecule has 3 heteroatoms. The predicted octanol–water partition coefficient (Wildman–Crippen LogP) is 2.40. The summed E-state index contributed by atoms with van der Waals surface area (Å²) in [5.41, 5.74) is 2.13. The summed E-state index contributed by atoms with van der Waals surface area (Å²) in [6.07, 6.45) is -0.440. The third-order valence-corrected chi connectivity index (χ3v) is 2.79. The molecule has 1 atom stereocenters. The molecule has 1 aromatic rings. The number of benzene rings is 1. The standard InChI is InChI=1S/C11H16BrNO/c1-3-13-7-11(14)9-5-4-8(2)6-10(9)12/h4-6,11,13-14H,3,7H2,1-2H3. The highest BCUT2D eigenvalue weighted by molar-refractivity contribution is 9.10. The van der Waals surface area contributed by atoms with Crippen molar-refractivity contribution in [3.05, 3.63) is 33.8 Å². The van der Waals surface area contributed by atoms with Crippen LogP contribution in [0.4, 0.5) is 0 Å². The summed E-state index contributed by atoms with van der Waals surface area (Å²) < 4.78 is 0.975. The number of rotatable bonds is 4. The van der Waals surface area contributed by atoms with Gasteiger partial charge in [-0.15, -0.1) is 0 Å². The second-order valence-corrected chi connectivity index (χ2v) is 4.20. The Balaban J connectivity index is 2.74. The maximum atomic E-state index is 9.83. The molecule has 78 valence electrons. The number of hydrogen-bond donors (Lipinski definition) is 2. The van der Waals surface area contributed by atoms with Crippen molar-refractivity contribution in [3.8, 4) is 0 Å². The number of halogens is 1. The number of hydrogen-bond acceptors (Lipinski definition) is 2. The molecule has 0 aliphatic rings. The largest absolute Gasteiger partial charge is 0.387 e. The summed E-state index contributed by atoms with van der Waals surface area (Å²) in [6.45, 7) is 5.53. The minimum Gasteiger partial charge on any atom is -0.387 e. The van der Waals surface area contributed by atoms with E-state index in [-0.39, 0.29) is 0 Å². The van der Waals surface area contributed by atoms with Gasteiger partial charge in [0.05, 0.1) is 6.10 Å². The Morgan fingerprint density at radius 2 is 2.21 bits per heavy atom. The zero-order valence-corrected chi connectivity index (χ0v) is 10.1. The Kier molecular flexibility index (Phi) is 4.58. The number of aliphatic hydroxyl groups excluding tert-OH is 1. The lowest BCUT2D eigenvalue weighted by Crippen LogP contribution is -2.21. The lowest BCUT2D eigenvalue weighted by molar-refractivity contribution is 0.175. The summed E-state index contributed by atoms with van der Waals surface area (Å²) in [7, 11) is 0. The van der Waals surface area contributed by atoms with Crippen LogP contribution < -0.4 is 5.32 Å². The molecule has 0 bridgehead atoms. The second kappa shape index (κ2) is 5.49. The fourth-order valence-electron chi connectivity index (χ4n) is 1.29. The van der Waals surface area contributed by atoms with Gasteiger partial charge in [-0.2, -0.15) is 0 Å². The molecule has 0 fully saturated rings. The molecule has 0 radical (unpaired) electrons. The summed E-state index contributed by atoms with van der Waals surface area (Å²) in [5, 5.41) is 12.9. The van der Waals surface area contributed by atoms with Crippen molar-refractivity contribution in [2.75, 3.05) is 13.1 Å². The second-order valence-electron chi connectivity index (χ2n) is 3.35. The Bertz CT molecular complexity index is 301. The first kappa shape index (κ1) is 11.7. The number of aliphatic hydroxyl groups is 1. The summed E-state index contributed by atoms with van der Waals surface area (Å²) in [6, 6.07) is 5.99. The van der Waals surface area contributed by atoms with E-state index in [1.165, 1.54) is 5.56 Å². The molecule has 0 aliphatic carbocycles. The fraction of sp³-hybridized carbons (Fsp3) is 0.455. The van der Waals surface area contributed by atoms with Crippen molar-refractivity contribution in [1.82, 2.24) is 5.32 Å². The molecular formula is C11H16BrNO. The van der Waals surface area contributed by atoms with Gasteiger partial charge in [0.2, 0.25) is 0 Å². The number of likely N-dealkylation sites (N-methyl/N-ethyl adjacent to an activating group) is 1. The fourth-order valence-corrected chi connectivity index (χ4v) is 2.05. The summed E-state index contributed by atoms with van der Waals surface area (Å²) in [4.78, 5) is 0. The molecule has 0 aliphatic heterocycles. The van der Waals surface area contributed by atoms with Crippen LogP contribution in [0.2, 0.25) is 0 Å². The highest BCUT2D eigenvalue weighted by Gasteiger charge is 2.09. The van der Waals surface area contributed by atoms with Crippen molar-refractivity contribution < 1.29 is 5.11 Å². The molecule has 0 heterocycles. The van der Waals surface area contributed by atoms with Gasteiger partial charge in [0.1, 0.15) is 0 Å². The van der Waals surface area contributed by atoms with E-state index in [0.29, 0.717) is 6.54 Å². The van der Waals surface area contributed by atoms with E-state index in [4.69, 9.17) is 0 Å². The molecule has 0 amide bonds. The molecular weight excluding hydrogens is 242 g/mol. The van der Waals surface area contributed by atoms with Crippen molar-refractivity contribution in [2.24, 2.45) is 0 Å². The molecule has 2 N–H and O–H groups in total. The van der Waals surface area contributed by atoms with Crippen LogP contribution in [0.5, 0.6) is 0 Å². The van der Waals surface area contributed by atoms with Gasteiger partial charge < -0.3 is 10.4 Å². The van der Waals surface area contributed by atoms with Gasteiger partial charge in [-0.05, 0) is 30.7 Å². The van der Waals surface area contributed by atoms with Crippen molar-refractivity contribution in [1.29, 1.82) is 0 Å². The Morgan fingerprint density at radius 3 is 2.79 bits per heavy atom. The molecule has 1 rings (SSSR count). The third-order valence-electron chi connectivity index (χ3n) is 2.10. The molecule has 0 aromatic heterocycles. The summed E-state index contributed by atoms with van der Waals surface area (Å²) >= 11 is 3.45. The van der Waals surface area contributed by atoms with Gasteiger partial charge in [0.15, 0.2) is 0 Å². The average molecular weight is 258 g/mol. The van der Waals surface area contributed by atoms with Gasteiger partial charge in [0, 0.05) is 11.0 Å². The topological polar surface area (TPSA) is 32.3 Å². The highest BCUT2D eigenvalue weighted by Crippen LogP contribution is 2.24. The average Bonchev–Trinajstić information content (AvgIpc) is 2.14. The van der Waals surface area contributed by atoms with E-state index in [1.807, 2.05) is 32.0 Å². The first-order valence-electron chi connectivity index (χ1n) is 4.80. The lowest BCUT2D eigenvalue weighted by Gasteiger charge is -2.13. The minimum absolute atomic E-state index is 0.440. The molecule has 2 nitrogen and oxygen atoms in total. The van der Waals surface area contributed by atoms with Gasteiger partial charge in [-0.1, -0.05) is 35.0 Å². The van der Waals surface area contributed by atoms with Crippen LogP contribution in [-0.2, 0) is 0 Å². The Labute approximate surface area is 93.5 Å². The zero-order chi connectivity index (χ0) is 10.6. The van der Waals surface area contributed by atoms with Gasteiger partial charge >= 0.3 is 0 Å². The van der Waals surface area contributed by atoms with Crippen LogP contribution >= 0.6 is 15.9 Å². The zero-order valence-electron chi connectivity index (χ0n) is 8.55. The van der Waals surface area contributed by atoms with E-state index in [9.17, 15) is 5.11 Å². The highest BCUT2D eigenvalue weighted by atomic mass is 79.9. The van der Waals surface area contributed by atoms with Gasteiger partial charge in [-0.25, -0.2) is 0 Å². The quantitative estimate of drug-likeness (QED) is 0.869. The van der Waals surface area contributed by atoms with Crippen LogP contribution in [0.25, 0.3) is 0 Å². The van der Waals surface area contributed by atoms with Crippen molar-refractivity contribution in [2.45, 2.75) is 20.0 Å². The normalized spacial score (nSPS) is 12.9. The number of aryl methyl sites for hydroxylation is 1. The van der Waals surface area contributed by atoms with Crippen LogP contribution in [0.15, 0.2) is 22.7 Å². The molecule has 0 spiro atoms. The summed E-state index contributed by atoms with van der Waals surface area (Å²) in [5.74, 6) is 0. The van der Waals surface area contributed by atoms with E-state index in [2.05, 4.69) is 21.2 Å². The molecule has 1 aromatic carbocycles. The lowest BCUT2D eigenvalue weighted by atomic mass is 10.1. The van der Waals surface area contributed by atoms with Gasteiger partial charge in [-0.3, -0.25) is 0 Å². The van der Waals surface area contributed by atoms with Crippen LogP contribution in [-0.4, -0.2) is 18.2 Å².